The quantitative estimate of drug-likeness (QED) is 0.154. The van der Waals surface area contributed by atoms with Crippen molar-refractivity contribution in [3.05, 3.63) is 125 Å². The van der Waals surface area contributed by atoms with Crippen LogP contribution in [0, 0.1) is 18.2 Å². The Labute approximate surface area is 312 Å². The number of pyridine rings is 1. The van der Waals surface area contributed by atoms with Gasteiger partial charge in [-0.25, -0.2) is 17.8 Å². The van der Waals surface area contributed by atoms with E-state index in [9.17, 15) is 22.4 Å². The largest absolute Gasteiger partial charge is 0.381 e. The number of hydrogen-bond donors (Lipinski definition) is 1. The smallest absolute Gasteiger partial charge is 0.265 e. The second kappa shape index (κ2) is 14.1. The van der Waals surface area contributed by atoms with E-state index in [1.54, 1.807) is 11.0 Å². The van der Waals surface area contributed by atoms with Gasteiger partial charge in [-0.05, 0) is 91.8 Å². The summed E-state index contributed by atoms with van der Waals surface area (Å²) in [6.07, 6.45) is 5.29. The number of fused-ring (bicyclic) bond motifs is 3. The summed E-state index contributed by atoms with van der Waals surface area (Å²) >= 11 is 1.26. The van der Waals surface area contributed by atoms with Gasteiger partial charge in [-0.1, -0.05) is 42.5 Å². The number of sulfonamides is 1. The van der Waals surface area contributed by atoms with Gasteiger partial charge in [0.05, 0.1) is 11.3 Å². The van der Waals surface area contributed by atoms with E-state index in [1.807, 2.05) is 67.7 Å². The van der Waals surface area contributed by atoms with Gasteiger partial charge in [-0.3, -0.25) is 14.3 Å². The first kappa shape index (κ1) is 35.1. The number of thiophene rings is 1. The fourth-order valence-electron chi connectivity index (χ4n) is 7.62. The van der Waals surface area contributed by atoms with Crippen molar-refractivity contribution in [1.82, 2.24) is 4.98 Å². The van der Waals surface area contributed by atoms with E-state index in [-0.39, 0.29) is 17.1 Å². The van der Waals surface area contributed by atoms with E-state index in [2.05, 4.69) is 14.6 Å². The summed E-state index contributed by atoms with van der Waals surface area (Å²) < 4.78 is 48.4. The summed E-state index contributed by atoms with van der Waals surface area (Å²) in [4.78, 5) is 36.7. The minimum atomic E-state index is -4.13. The molecule has 3 aromatic carbocycles. The van der Waals surface area contributed by atoms with Gasteiger partial charge < -0.3 is 14.5 Å². The number of ketones is 1. The van der Waals surface area contributed by atoms with Gasteiger partial charge in [0.2, 0.25) is 0 Å². The maximum absolute atomic E-state index is 14.3. The van der Waals surface area contributed by atoms with Gasteiger partial charge >= 0.3 is 0 Å². The molecule has 3 aliphatic heterocycles. The lowest BCUT2D eigenvalue weighted by molar-refractivity contribution is -0.000515. The molecule has 0 radical (unpaired) electrons. The number of Topliss-reactive ketones (excluding diaryl/α,β-unsaturated/α-hetero) is 1. The third-order valence-corrected chi connectivity index (χ3v) is 13.2. The Morgan fingerprint density at radius 1 is 0.981 bits per heavy atom. The van der Waals surface area contributed by atoms with Crippen LogP contribution >= 0.6 is 11.3 Å². The molecule has 53 heavy (non-hydrogen) atoms. The number of rotatable bonds is 9. The zero-order chi connectivity index (χ0) is 36.7. The Morgan fingerprint density at radius 3 is 2.49 bits per heavy atom. The predicted octanol–water partition coefficient (Wildman–Crippen LogP) is 7.69. The number of amides is 1. The molecule has 9 nitrogen and oxygen atoms in total. The number of anilines is 3. The fourth-order valence-corrected chi connectivity index (χ4v) is 10.1. The van der Waals surface area contributed by atoms with Gasteiger partial charge in [0, 0.05) is 66.9 Å². The van der Waals surface area contributed by atoms with Gasteiger partial charge in [-0.2, -0.15) is 0 Å². The molecule has 0 unspecified atom stereocenters. The van der Waals surface area contributed by atoms with Crippen LogP contribution in [-0.2, 0) is 27.6 Å². The number of aromatic nitrogens is 1. The molecule has 0 aliphatic carbocycles. The van der Waals surface area contributed by atoms with Gasteiger partial charge in [0.25, 0.3) is 15.9 Å². The lowest BCUT2D eigenvalue weighted by Crippen LogP contribution is -2.59. The number of carbonyl (C=O) groups excluding carboxylic acids is 2. The number of halogens is 1. The maximum atomic E-state index is 14.3. The van der Waals surface area contributed by atoms with Crippen LogP contribution in [0.1, 0.15) is 56.7 Å². The molecule has 1 spiro atoms. The zero-order valence-electron chi connectivity index (χ0n) is 29.3. The Kier molecular flexibility index (Phi) is 9.38. The van der Waals surface area contributed by atoms with Crippen molar-refractivity contribution in [3.63, 3.8) is 0 Å². The Hall–Kier alpha value is -4.91. The van der Waals surface area contributed by atoms with Crippen LogP contribution in [0.4, 0.5) is 20.9 Å². The fraction of sp³-hybridized carbons (Fsp3) is 0.293. The number of nitrogens with zero attached hydrogens (tertiary/aromatic N) is 3. The van der Waals surface area contributed by atoms with Crippen LogP contribution < -0.4 is 14.5 Å². The Bertz CT molecular complexity index is 2310. The second-order valence-corrected chi connectivity index (χ2v) is 16.9. The number of carbonyl (C=O) groups is 2. The molecule has 5 aromatic rings. The normalized spacial score (nSPS) is 16.3. The summed E-state index contributed by atoms with van der Waals surface area (Å²) in [5.41, 5.74) is 5.82. The molecule has 1 N–H and O–H groups in total. The summed E-state index contributed by atoms with van der Waals surface area (Å²) in [6.45, 7) is 5.73. The highest BCUT2D eigenvalue weighted by atomic mass is 32.2. The van der Waals surface area contributed by atoms with Crippen LogP contribution in [0.5, 0.6) is 0 Å². The Balaban J connectivity index is 0.945. The minimum Gasteiger partial charge on any atom is -0.381 e. The summed E-state index contributed by atoms with van der Waals surface area (Å²) in [5.74, 6) is -0.145. The lowest BCUT2D eigenvalue weighted by atomic mass is 9.73. The topological polar surface area (TPSA) is 109 Å². The molecule has 0 atom stereocenters. The first-order valence-corrected chi connectivity index (χ1v) is 20.1. The van der Waals surface area contributed by atoms with E-state index in [4.69, 9.17) is 4.74 Å². The standard InChI is InChI=1S/C41H39FN4O5S2/c1-27-22-32(39(43-24-27)45-25-41(26-45)17-20-51-21-18-41)35(47)15-12-28-10-13-29(14-11-28)40(48)46-19-16-30-23-37(52-38(30)31-6-2-4-8-34(31)46)44-53(49,50)36-9-5-3-7-33(36)42/h2-11,13-14,22-24,44H,12,15-21,25-26H2,1H3. The predicted molar refractivity (Wildman–Crippen MR) is 205 cm³/mol. The van der Waals surface area contributed by atoms with Gasteiger partial charge in [0.1, 0.15) is 21.5 Å². The second-order valence-electron chi connectivity index (χ2n) is 14.2. The number of aryl methyl sites for hydroxylation is 2. The van der Waals surface area contributed by atoms with Crippen LogP contribution in [0.15, 0.2) is 96.0 Å². The average Bonchev–Trinajstić information content (AvgIpc) is 3.48. The molecular weight excluding hydrogens is 712 g/mol. The lowest BCUT2D eigenvalue weighted by Gasteiger charge is -2.53. The third kappa shape index (κ3) is 6.98. The number of nitrogens with one attached hydrogen (secondary N) is 1. The van der Waals surface area contributed by atoms with Crippen molar-refractivity contribution in [3.8, 4) is 10.4 Å². The van der Waals surface area contributed by atoms with Gasteiger partial charge in [0.15, 0.2) is 5.78 Å². The Morgan fingerprint density at radius 2 is 1.72 bits per heavy atom. The monoisotopic (exact) mass is 750 g/mol. The number of ether oxygens (including phenoxy) is 1. The van der Waals surface area contributed by atoms with Crippen molar-refractivity contribution in [2.24, 2.45) is 5.41 Å². The molecule has 1 amide bonds. The number of hydrogen-bond acceptors (Lipinski definition) is 8. The van der Waals surface area contributed by atoms with E-state index >= 15 is 0 Å². The van der Waals surface area contributed by atoms with E-state index in [1.165, 1.54) is 29.5 Å². The molecule has 272 valence electrons. The molecule has 8 rings (SSSR count). The van der Waals surface area contributed by atoms with Crippen LogP contribution in [0.3, 0.4) is 0 Å². The molecule has 2 saturated heterocycles. The SMILES string of the molecule is Cc1cnc(N2CC3(CCOCC3)C2)c(C(=O)CCc2ccc(C(=O)N3CCc4cc(NS(=O)(=O)c5ccccc5F)sc4-c4ccccc43)cc2)c1. The van der Waals surface area contributed by atoms with E-state index in [0.717, 1.165) is 83.8 Å². The van der Waals surface area contributed by atoms with Crippen LogP contribution in [-0.4, -0.2) is 57.9 Å². The highest BCUT2D eigenvalue weighted by Gasteiger charge is 2.45. The van der Waals surface area contributed by atoms with Crippen molar-refractivity contribution in [2.45, 2.75) is 43.9 Å². The molecule has 0 bridgehead atoms. The maximum Gasteiger partial charge on any atom is 0.265 e. The molecule has 0 saturated carbocycles. The molecule has 2 aromatic heterocycles. The molecule has 3 aliphatic rings. The summed E-state index contributed by atoms with van der Waals surface area (Å²) in [7, 11) is -4.13. The van der Waals surface area contributed by atoms with Gasteiger partial charge in [-0.15, -0.1) is 11.3 Å². The summed E-state index contributed by atoms with van der Waals surface area (Å²) in [5, 5.41) is 0.376. The van der Waals surface area contributed by atoms with Crippen molar-refractivity contribution < 1.29 is 27.1 Å². The minimum absolute atomic E-state index is 0.0566. The highest BCUT2D eigenvalue weighted by Crippen LogP contribution is 2.45. The average molecular weight is 751 g/mol. The van der Waals surface area contributed by atoms with Crippen molar-refractivity contribution in [2.75, 3.05) is 47.4 Å². The van der Waals surface area contributed by atoms with E-state index < -0.39 is 20.7 Å². The molecule has 2 fully saturated rings. The molecule has 5 heterocycles. The first-order valence-electron chi connectivity index (χ1n) is 17.8. The van der Waals surface area contributed by atoms with E-state index in [0.29, 0.717) is 41.9 Å². The first-order chi connectivity index (χ1) is 25.6. The van der Waals surface area contributed by atoms with Crippen molar-refractivity contribution >= 4 is 49.6 Å². The zero-order valence-corrected chi connectivity index (χ0v) is 30.9. The molecular formula is C41H39FN4O5S2. The number of para-hydroxylation sites is 1. The third-order valence-electron chi connectivity index (χ3n) is 10.5. The summed E-state index contributed by atoms with van der Waals surface area (Å²) in [6, 6.07) is 24.0. The molecule has 12 heteroatoms. The van der Waals surface area contributed by atoms with Crippen LogP contribution in [0.2, 0.25) is 0 Å². The number of benzene rings is 3. The van der Waals surface area contributed by atoms with Crippen LogP contribution in [0.25, 0.3) is 10.4 Å². The highest BCUT2D eigenvalue weighted by molar-refractivity contribution is 7.93. The van der Waals surface area contributed by atoms with Crippen molar-refractivity contribution in [1.29, 1.82) is 0 Å².